The molecule has 0 bridgehead atoms. The lowest BCUT2D eigenvalue weighted by atomic mass is 10.2. The SMILES string of the molecule is Cc1cc(Nc2nc(Sc3ccc(NC(=O)CN4C[C@@H](F)C[C@H]4CO)cc3)nn3cccc23)n[nH]1. The summed E-state index contributed by atoms with van der Waals surface area (Å²) in [6.45, 7) is 1.97. The molecular formula is C23H25FN8O2S. The first-order valence-electron chi connectivity index (χ1n) is 11.2. The number of hydrogen-bond acceptors (Lipinski definition) is 8. The van der Waals surface area contributed by atoms with Gasteiger partial charge in [0.05, 0.1) is 13.2 Å². The highest BCUT2D eigenvalue weighted by molar-refractivity contribution is 7.99. The molecule has 1 amide bonds. The van der Waals surface area contributed by atoms with E-state index in [1.165, 1.54) is 11.8 Å². The number of rotatable bonds is 8. The molecule has 3 aromatic heterocycles. The number of nitrogens with one attached hydrogen (secondary N) is 3. The Balaban J connectivity index is 1.24. The molecule has 0 unspecified atom stereocenters. The summed E-state index contributed by atoms with van der Waals surface area (Å²) >= 11 is 1.39. The summed E-state index contributed by atoms with van der Waals surface area (Å²) in [5.74, 6) is 1.06. The van der Waals surface area contributed by atoms with Crippen LogP contribution in [-0.2, 0) is 4.79 Å². The first-order valence-corrected chi connectivity index (χ1v) is 12.0. The molecule has 1 aliphatic rings. The average Bonchev–Trinajstić information content (AvgIpc) is 3.55. The van der Waals surface area contributed by atoms with E-state index in [4.69, 9.17) is 0 Å². The summed E-state index contributed by atoms with van der Waals surface area (Å²) < 4.78 is 15.4. The highest BCUT2D eigenvalue weighted by atomic mass is 32.2. The van der Waals surface area contributed by atoms with Gasteiger partial charge in [0.15, 0.2) is 11.6 Å². The van der Waals surface area contributed by atoms with Crippen LogP contribution < -0.4 is 10.6 Å². The number of nitrogens with zero attached hydrogens (tertiary/aromatic N) is 5. The van der Waals surface area contributed by atoms with Crippen molar-refractivity contribution < 1.29 is 14.3 Å². The number of carbonyl (C=O) groups excluding carboxylic acids is 1. The molecule has 1 aliphatic heterocycles. The Morgan fingerprint density at radius 1 is 1.31 bits per heavy atom. The van der Waals surface area contributed by atoms with Gasteiger partial charge in [-0.15, -0.1) is 5.10 Å². The van der Waals surface area contributed by atoms with Crippen LogP contribution in [0.5, 0.6) is 0 Å². The molecule has 35 heavy (non-hydrogen) atoms. The molecule has 1 fully saturated rings. The molecule has 4 heterocycles. The molecule has 4 aromatic rings. The van der Waals surface area contributed by atoms with Crippen molar-refractivity contribution in [1.82, 2.24) is 29.7 Å². The molecule has 182 valence electrons. The van der Waals surface area contributed by atoms with Crippen molar-refractivity contribution in [2.45, 2.75) is 35.6 Å². The van der Waals surface area contributed by atoms with Crippen molar-refractivity contribution in [3.63, 3.8) is 0 Å². The number of aryl methyl sites for hydroxylation is 1. The fourth-order valence-corrected chi connectivity index (χ4v) is 4.80. The van der Waals surface area contributed by atoms with Gasteiger partial charge in [-0.05, 0) is 61.5 Å². The van der Waals surface area contributed by atoms with Crippen LogP contribution in [0.1, 0.15) is 12.1 Å². The third-order valence-electron chi connectivity index (χ3n) is 5.71. The molecular weight excluding hydrogens is 471 g/mol. The minimum atomic E-state index is -1.01. The maximum Gasteiger partial charge on any atom is 0.238 e. The van der Waals surface area contributed by atoms with Gasteiger partial charge in [0.1, 0.15) is 11.7 Å². The molecule has 5 rings (SSSR count). The van der Waals surface area contributed by atoms with E-state index in [-0.39, 0.29) is 38.1 Å². The topological polar surface area (TPSA) is 123 Å². The van der Waals surface area contributed by atoms with Crippen molar-refractivity contribution in [1.29, 1.82) is 0 Å². The van der Waals surface area contributed by atoms with E-state index in [0.717, 1.165) is 16.1 Å². The molecule has 1 aromatic carbocycles. The number of benzene rings is 1. The van der Waals surface area contributed by atoms with E-state index >= 15 is 0 Å². The van der Waals surface area contributed by atoms with Crippen LogP contribution in [0.2, 0.25) is 0 Å². The van der Waals surface area contributed by atoms with E-state index in [1.807, 2.05) is 43.5 Å². The number of aliphatic hydroxyl groups is 1. The molecule has 10 nitrogen and oxygen atoms in total. The lowest BCUT2D eigenvalue weighted by Gasteiger charge is -2.21. The average molecular weight is 497 g/mol. The van der Waals surface area contributed by atoms with Crippen LogP contribution in [0, 0.1) is 6.92 Å². The molecule has 0 spiro atoms. The molecule has 4 N–H and O–H groups in total. The number of aromatic nitrogens is 5. The van der Waals surface area contributed by atoms with Crippen molar-refractivity contribution in [2.75, 3.05) is 30.3 Å². The highest BCUT2D eigenvalue weighted by Crippen LogP contribution is 2.29. The number of anilines is 3. The van der Waals surface area contributed by atoms with Gasteiger partial charge >= 0.3 is 0 Å². The van der Waals surface area contributed by atoms with Gasteiger partial charge in [0.2, 0.25) is 11.1 Å². The number of alkyl halides is 1. The number of aliphatic hydroxyl groups excluding tert-OH is 1. The first-order chi connectivity index (χ1) is 17.0. The monoisotopic (exact) mass is 496 g/mol. The number of aromatic amines is 1. The quantitative estimate of drug-likeness (QED) is 0.294. The zero-order valence-corrected chi connectivity index (χ0v) is 19.8. The second kappa shape index (κ2) is 10.0. The van der Waals surface area contributed by atoms with Gasteiger partial charge < -0.3 is 15.7 Å². The van der Waals surface area contributed by atoms with Gasteiger partial charge in [0.25, 0.3) is 0 Å². The minimum Gasteiger partial charge on any atom is -0.395 e. The van der Waals surface area contributed by atoms with Gasteiger partial charge in [-0.3, -0.25) is 14.8 Å². The normalized spacial score (nSPS) is 18.3. The molecule has 0 saturated carbocycles. The van der Waals surface area contributed by atoms with Crippen molar-refractivity contribution in [2.24, 2.45) is 0 Å². The summed E-state index contributed by atoms with van der Waals surface area (Å²) in [7, 11) is 0. The van der Waals surface area contributed by atoms with Gasteiger partial charge in [-0.2, -0.15) is 5.10 Å². The lowest BCUT2D eigenvalue weighted by Crippen LogP contribution is -2.38. The number of fused-ring (bicyclic) bond motifs is 1. The second-order valence-corrected chi connectivity index (χ2v) is 9.46. The van der Waals surface area contributed by atoms with Gasteiger partial charge in [-0.25, -0.2) is 13.9 Å². The smallest absolute Gasteiger partial charge is 0.238 e. The van der Waals surface area contributed by atoms with Crippen LogP contribution in [0.15, 0.2) is 58.7 Å². The largest absolute Gasteiger partial charge is 0.395 e. The number of hydrogen-bond donors (Lipinski definition) is 4. The molecule has 12 heteroatoms. The molecule has 0 radical (unpaired) electrons. The van der Waals surface area contributed by atoms with Crippen LogP contribution >= 0.6 is 11.8 Å². The number of halogens is 1. The fourth-order valence-electron chi connectivity index (χ4n) is 4.06. The summed E-state index contributed by atoms with van der Waals surface area (Å²) in [4.78, 5) is 19.6. The zero-order chi connectivity index (χ0) is 24.4. The minimum absolute atomic E-state index is 0.0399. The Morgan fingerprint density at radius 3 is 2.89 bits per heavy atom. The summed E-state index contributed by atoms with van der Waals surface area (Å²) in [5, 5.41) is 27.7. The molecule has 1 saturated heterocycles. The third-order valence-corrected chi connectivity index (χ3v) is 6.57. The number of carbonyl (C=O) groups is 1. The van der Waals surface area contributed by atoms with E-state index in [1.54, 1.807) is 21.5 Å². The van der Waals surface area contributed by atoms with Crippen LogP contribution in [0.4, 0.5) is 21.7 Å². The lowest BCUT2D eigenvalue weighted by molar-refractivity contribution is -0.117. The van der Waals surface area contributed by atoms with Crippen LogP contribution in [0.25, 0.3) is 5.52 Å². The standard InChI is InChI=1S/C23H25FN8O2S/c1-14-9-20(29-28-14)26-22-19-3-2-8-32(19)30-23(27-22)35-18-6-4-16(5-7-18)25-21(34)12-31-11-15(24)10-17(31)13-33/h2-9,15,17,33H,10-13H2,1H3,(H,25,34)(H2,26,27,28,29,30)/t15-,17-/m0/s1. The Morgan fingerprint density at radius 2 is 2.14 bits per heavy atom. The van der Waals surface area contributed by atoms with E-state index in [2.05, 4.69) is 30.9 Å². The second-order valence-electron chi connectivity index (χ2n) is 8.42. The Labute approximate surface area is 204 Å². The van der Waals surface area contributed by atoms with Crippen molar-refractivity contribution in [3.8, 4) is 0 Å². The van der Waals surface area contributed by atoms with Gasteiger partial charge in [-0.1, -0.05) is 0 Å². The Kier molecular flexibility index (Phi) is 6.66. The summed E-state index contributed by atoms with van der Waals surface area (Å²) in [6, 6.07) is 12.7. The van der Waals surface area contributed by atoms with E-state index < -0.39 is 6.17 Å². The van der Waals surface area contributed by atoms with E-state index in [9.17, 15) is 14.3 Å². The van der Waals surface area contributed by atoms with Gasteiger partial charge in [0, 0.05) is 41.1 Å². The highest BCUT2D eigenvalue weighted by Gasteiger charge is 2.32. The summed E-state index contributed by atoms with van der Waals surface area (Å²) in [5.41, 5.74) is 2.40. The maximum atomic E-state index is 13.6. The first kappa shape index (κ1) is 23.3. The predicted molar refractivity (Wildman–Crippen MR) is 131 cm³/mol. The number of H-pyrrole nitrogens is 1. The Hall–Kier alpha value is -3.48. The fraction of sp³-hybridized carbons (Fsp3) is 0.304. The van der Waals surface area contributed by atoms with Crippen LogP contribution in [-0.4, -0.2) is 72.6 Å². The van der Waals surface area contributed by atoms with E-state index in [0.29, 0.717) is 22.5 Å². The predicted octanol–water partition coefficient (Wildman–Crippen LogP) is 3.00. The summed E-state index contributed by atoms with van der Waals surface area (Å²) in [6.07, 6.45) is 1.10. The Bertz CT molecular complexity index is 1320. The maximum absolute atomic E-state index is 13.6. The number of amides is 1. The zero-order valence-electron chi connectivity index (χ0n) is 19.0. The third kappa shape index (κ3) is 5.45. The number of likely N-dealkylation sites (tertiary alicyclic amines) is 1. The van der Waals surface area contributed by atoms with Crippen LogP contribution in [0.3, 0.4) is 0 Å². The van der Waals surface area contributed by atoms with Crippen molar-refractivity contribution in [3.05, 3.63) is 54.4 Å². The molecule has 2 atom stereocenters. The van der Waals surface area contributed by atoms with Crippen molar-refractivity contribution >= 4 is 40.5 Å². The molecule has 0 aliphatic carbocycles.